The molecular weight excluding hydrogens is 188 g/mol. The van der Waals surface area contributed by atoms with Crippen LogP contribution >= 0.6 is 0 Å². The fraction of sp³-hybridized carbons (Fsp3) is 0. The average molecular weight is 200 g/mol. The van der Waals surface area contributed by atoms with Gasteiger partial charge in [-0.3, -0.25) is 0 Å². The number of anilines is 2. The van der Waals surface area contributed by atoms with Gasteiger partial charge in [0.2, 0.25) is 0 Å². The third-order valence-corrected chi connectivity index (χ3v) is 2.23. The number of phenols is 1. The minimum Gasteiger partial charge on any atom is -0.508 e. The molecule has 0 unspecified atom stereocenters. The lowest BCUT2D eigenvalue weighted by molar-refractivity contribution is 0.476. The van der Waals surface area contributed by atoms with E-state index in [1.807, 2.05) is 24.3 Å². The van der Waals surface area contributed by atoms with Crippen molar-refractivity contribution in [3.8, 4) is 16.9 Å². The Morgan fingerprint density at radius 2 is 1.73 bits per heavy atom. The van der Waals surface area contributed by atoms with Gasteiger partial charge >= 0.3 is 0 Å². The van der Waals surface area contributed by atoms with E-state index in [1.165, 1.54) is 6.07 Å². The number of rotatable bonds is 1. The molecule has 0 spiro atoms. The summed E-state index contributed by atoms with van der Waals surface area (Å²) < 4.78 is 0. The minimum atomic E-state index is 0.167. The van der Waals surface area contributed by atoms with Gasteiger partial charge in [-0.25, -0.2) is 0 Å². The highest BCUT2D eigenvalue weighted by Gasteiger charge is 2.03. The van der Waals surface area contributed by atoms with Crippen molar-refractivity contribution >= 4 is 11.4 Å². The summed E-state index contributed by atoms with van der Waals surface area (Å²) in [7, 11) is 0. The topological polar surface area (TPSA) is 72.3 Å². The average Bonchev–Trinajstić information content (AvgIpc) is 2.17. The highest BCUT2D eigenvalue weighted by atomic mass is 16.3. The van der Waals surface area contributed by atoms with Crippen LogP contribution in [0, 0.1) is 0 Å². The Kier molecular flexibility index (Phi) is 2.21. The predicted molar refractivity (Wildman–Crippen MR) is 62.4 cm³/mol. The number of hydrogen-bond donors (Lipinski definition) is 3. The number of nitrogen functional groups attached to an aromatic ring is 2. The van der Waals surface area contributed by atoms with Gasteiger partial charge in [-0.05, 0) is 29.8 Å². The van der Waals surface area contributed by atoms with E-state index in [0.29, 0.717) is 11.4 Å². The monoisotopic (exact) mass is 200 g/mol. The summed E-state index contributed by atoms with van der Waals surface area (Å²) in [6.07, 6.45) is 0. The van der Waals surface area contributed by atoms with E-state index in [0.717, 1.165) is 11.1 Å². The van der Waals surface area contributed by atoms with Crippen LogP contribution in [-0.2, 0) is 0 Å². The van der Waals surface area contributed by atoms with Gasteiger partial charge in [-0.1, -0.05) is 12.1 Å². The molecule has 0 saturated heterocycles. The lowest BCUT2D eigenvalue weighted by Crippen LogP contribution is -1.90. The van der Waals surface area contributed by atoms with Crippen LogP contribution in [0.2, 0.25) is 0 Å². The molecule has 0 aliphatic rings. The maximum atomic E-state index is 9.23. The summed E-state index contributed by atoms with van der Waals surface area (Å²) in [4.78, 5) is 0. The molecule has 0 heterocycles. The molecule has 0 fully saturated rings. The first-order valence-corrected chi connectivity index (χ1v) is 4.61. The zero-order valence-electron chi connectivity index (χ0n) is 8.14. The molecule has 0 amide bonds. The van der Waals surface area contributed by atoms with Crippen LogP contribution in [0.3, 0.4) is 0 Å². The minimum absolute atomic E-state index is 0.167. The largest absolute Gasteiger partial charge is 0.508 e. The van der Waals surface area contributed by atoms with Gasteiger partial charge in [-0.15, -0.1) is 0 Å². The maximum Gasteiger partial charge on any atom is 0.117 e. The fourth-order valence-corrected chi connectivity index (χ4v) is 1.52. The fourth-order valence-electron chi connectivity index (χ4n) is 1.52. The van der Waals surface area contributed by atoms with Crippen LogP contribution in [0.1, 0.15) is 0 Å². The first kappa shape index (κ1) is 9.40. The Morgan fingerprint density at radius 1 is 0.933 bits per heavy atom. The van der Waals surface area contributed by atoms with Crippen LogP contribution in [0.5, 0.6) is 5.75 Å². The third kappa shape index (κ3) is 1.86. The smallest absolute Gasteiger partial charge is 0.117 e. The van der Waals surface area contributed by atoms with E-state index in [2.05, 4.69) is 0 Å². The van der Waals surface area contributed by atoms with E-state index in [4.69, 9.17) is 11.5 Å². The molecule has 2 rings (SSSR count). The Hall–Kier alpha value is -2.16. The van der Waals surface area contributed by atoms with E-state index >= 15 is 0 Å². The van der Waals surface area contributed by atoms with E-state index in [1.54, 1.807) is 12.1 Å². The zero-order chi connectivity index (χ0) is 10.8. The van der Waals surface area contributed by atoms with E-state index < -0.39 is 0 Å². The molecule has 76 valence electrons. The van der Waals surface area contributed by atoms with Crippen molar-refractivity contribution in [1.29, 1.82) is 0 Å². The number of aromatic hydroxyl groups is 1. The summed E-state index contributed by atoms with van der Waals surface area (Å²) in [5.74, 6) is 0.167. The summed E-state index contributed by atoms with van der Waals surface area (Å²) in [6.45, 7) is 0. The van der Waals surface area contributed by atoms with Crippen LogP contribution < -0.4 is 11.5 Å². The van der Waals surface area contributed by atoms with Gasteiger partial charge in [0.05, 0.1) is 0 Å². The highest BCUT2D eigenvalue weighted by Crippen LogP contribution is 2.29. The van der Waals surface area contributed by atoms with Crippen molar-refractivity contribution in [3.05, 3.63) is 42.5 Å². The number of hydrogen-bond acceptors (Lipinski definition) is 3. The Labute approximate surface area is 88.0 Å². The van der Waals surface area contributed by atoms with E-state index in [9.17, 15) is 5.11 Å². The number of phenolic OH excluding ortho intramolecular Hbond substituents is 1. The molecule has 0 atom stereocenters. The molecule has 5 N–H and O–H groups in total. The Balaban J connectivity index is 2.54. The Morgan fingerprint density at radius 3 is 2.40 bits per heavy atom. The normalized spacial score (nSPS) is 10.1. The SMILES string of the molecule is Nc1cccc(-c2ccc(O)cc2N)c1. The summed E-state index contributed by atoms with van der Waals surface area (Å²) in [5.41, 5.74) is 14.6. The summed E-state index contributed by atoms with van der Waals surface area (Å²) >= 11 is 0. The van der Waals surface area contributed by atoms with Crippen molar-refractivity contribution < 1.29 is 5.11 Å². The molecule has 0 radical (unpaired) electrons. The second-order valence-corrected chi connectivity index (χ2v) is 3.40. The second-order valence-electron chi connectivity index (χ2n) is 3.40. The zero-order valence-corrected chi connectivity index (χ0v) is 8.14. The van der Waals surface area contributed by atoms with Crippen LogP contribution in [0.15, 0.2) is 42.5 Å². The predicted octanol–water partition coefficient (Wildman–Crippen LogP) is 2.22. The quantitative estimate of drug-likeness (QED) is 0.618. The standard InChI is InChI=1S/C12H12N2O/c13-9-3-1-2-8(6-9)11-5-4-10(15)7-12(11)14/h1-7,15H,13-14H2. The number of benzene rings is 2. The molecule has 2 aromatic rings. The van der Waals surface area contributed by atoms with Gasteiger partial charge < -0.3 is 16.6 Å². The lowest BCUT2D eigenvalue weighted by Gasteiger charge is -2.06. The van der Waals surface area contributed by atoms with Crippen molar-refractivity contribution in [3.63, 3.8) is 0 Å². The van der Waals surface area contributed by atoms with Gasteiger partial charge in [-0.2, -0.15) is 0 Å². The molecule has 15 heavy (non-hydrogen) atoms. The summed E-state index contributed by atoms with van der Waals surface area (Å²) in [6, 6.07) is 12.4. The maximum absolute atomic E-state index is 9.23. The third-order valence-electron chi connectivity index (χ3n) is 2.23. The second kappa shape index (κ2) is 3.53. The first-order valence-electron chi connectivity index (χ1n) is 4.61. The molecule has 3 nitrogen and oxygen atoms in total. The van der Waals surface area contributed by atoms with Crippen LogP contribution in [0.4, 0.5) is 11.4 Å². The van der Waals surface area contributed by atoms with Crippen LogP contribution in [-0.4, -0.2) is 5.11 Å². The van der Waals surface area contributed by atoms with Crippen molar-refractivity contribution in [2.75, 3.05) is 11.5 Å². The van der Waals surface area contributed by atoms with Crippen molar-refractivity contribution in [2.45, 2.75) is 0 Å². The Bertz CT molecular complexity index is 495. The first-order chi connectivity index (χ1) is 7.16. The van der Waals surface area contributed by atoms with Gasteiger partial charge in [0.25, 0.3) is 0 Å². The van der Waals surface area contributed by atoms with Crippen molar-refractivity contribution in [1.82, 2.24) is 0 Å². The molecule has 0 bridgehead atoms. The molecule has 3 heteroatoms. The van der Waals surface area contributed by atoms with Gasteiger partial charge in [0.15, 0.2) is 0 Å². The molecule has 0 aromatic heterocycles. The van der Waals surface area contributed by atoms with Gasteiger partial charge in [0, 0.05) is 23.0 Å². The molecule has 0 saturated carbocycles. The molecule has 0 aliphatic carbocycles. The van der Waals surface area contributed by atoms with Gasteiger partial charge in [0.1, 0.15) is 5.75 Å². The molecular formula is C12H12N2O. The molecule has 0 aliphatic heterocycles. The van der Waals surface area contributed by atoms with Crippen LogP contribution in [0.25, 0.3) is 11.1 Å². The summed E-state index contributed by atoms with van der Waals surface area (Å²) in [5, 5.41) is 9.23. The lowest BCUT2D eigenvalue weighted by atomic mass is 10.0. The molecule has 2 aromatic carbocycles. The number of nitrogens with two attached hydrogens (primary N) is 2. The van der Waals surface area contributed by atoms with Crippen molar-refractivity contribution in [2.24, 2.45) is 0 Å². The van der Waals surface area contributed by atoms with E-state index in [-0.39, 0.29) is 5.75 Å². The highest BCUT2D eigenvalue weighted by molar-refractivity contribution is 5.78.